The minimum absolute atomic E-state index is 0.0756. The predicted molar refractivity (Wildman–Crippen MR) is 74.5 cm³/mol. The molecule has 19 heavy (non-hydrogen) atoms. The normalized spacial score (nSPS) is 11.1. The molecule has 0 aromatic heterocycles. The Bertz CT molecular complexity index is 529. The van der Waals surface area contributed by atoms with Crippen molar-refractivity contribution in [2.75, 3.05) is 25.5 Å². The van der Waals surface area contributed by atoms with Crippen LogP contribution in [0.2, 0.25) is 0 Å². The monoisotopic (exact) mass is 285 g/mol. The lowest BCUT2D eigenvalue weighted by Crippen LogP contribution is -2.30. The Balaban J connectivity index is 2.68. The van der Waals surface area contributed by atoms with Gasteiger partial charge in [-0.2, -0.15) is 0 Å². The van der Waals surface area contributed by atoms with Crippen molar-refractivity contribution in [1.29, 1.82) is 0 Å². The van der Waals surface area contributed by atoms with E-state index < -0.39 is 10.0 Å². The number of anilines is 1. The molecule has 0 aliphatic rings. The lowest BCUT2D eigenvalue weighted by molar-refractivity contribution is -0.120. The number of para-hydroxylation sites is 1. The maximum absolute atomic E-state index is 12.1. The van der Waals surface area contributed by atoms with Crippen LogP contribution in [0.5, 0.6) is 0 Å². The lowest BCUT2D eigenvalue weighted by Gasteiger charge is -2.10. The Kier molecular flexibility index (Phi) is 5.78. The van der Waals surface area contributed by atoms with Crippen LogP contribution in [0.15, 0.2) is 29.2 Å². The van der Waals surface area contributed by atoms with Gasteiger partial charge in [-0.1, -0.05) is 12.1 Å². The zero-order valence-corrected chi connectivity index (χ0v) is 11.9. The number of hydrogen-bond acceptors (Lipinski definition) is 4. The van der Waals surface area contributed by atoms with E-state index in [1.165, 1.54) is 6.07 Å². The summed E-state index contributed by atoms with van der Waals surface area (Å²) in [4.78, 5) is 11.4. The number of benzene rings is 1. The van der Waals surface area contributed by atoms with Crippen LogP contribution >= 0.6 is 0 Å². The first-order valence-corrected chi connectivity index (χ1v) is 7.52. The fourth-order valence-corrected chi connectivity index (χ4v) is 2.81. The van der Waals surface area contributed by atoms with Crippen LogP contribution in [0.3, 0.4) is 0 Å². The average Bonchev–Trinajstić information content (AvgIpc) is 2.38. The van der Waals surface area contributed by atoms with Crippen molar-refractivity contribution in [2.24, 2.45) is 0 Å². The van der Waals surface area contributed by atoms with Gasteiger partial charge in [0.1, 0.15) is 4.90 Å². The summed E-state index contributed by atoms with van der Waals surface area (Å²) in [5.74, 6) is -0.174. The van der Waals surface area contributed by atoms with Gasteiger partial charge < -0.3 is 10.6 Å². The van der Waals surface area contributed by atoms with Crippen LogP contribution in [-0.4, -0.2) is 34.5 Å². The first kappa shape index (κ1) is 15.5. The molecule has 0 fully saturated rings. The smallest absolute Gasteiger partial charge is 0.242 e. The van der Waals surface area contributed by atoms with Crippen molar-refractivity contribution in [3.05, 3.63) is 24.3 Å². The average molecular weight is 285 g/mol. The Labute approximate surface area is 113 Å². The van der Waals surface area contributed by atoms with Crippen molar-refractivity contribution < 1.29 is 13.2 Å². The van der Waals surface area contributed by atoms with Gasteiger partial charge >= 0.3 is 0 Å². The first-order chi connectivity index (χ1) is 9.01. The molecule has 0 bridgehead atoms. The summed E-state index contributed by atoms with van der Waals surface area (Å²) in [6.07, 6.45) is 0.120. The van der Waals surface area contributed by atoms with Crippen molar-refractivity contribution in [1.82, 2.24) is 10.0 Å². The van der Waals surface area contributed by atoms with Crippen LogP contribution in [0.25, 0.3) is 0 Å². The molecule has 0 aliphatic carbocycles. The Morgan fingerprint density at radius 3 is 2.58 bits per heavy atom. The second-order valence-corrected chi connectivity index (χ2v) is 5.58. The van der Waals surface area contributed by atoms with Crippen LogP contribution in [0.1, 0.15) is 13.3 Å². The van der Waals surface area contributed by atoms with Gasteiger partial charge in [-0.25, -0.2) is 13.1 Å². The van der Waals surface area contributed by atoms with E-state index in [-0.39, 0.29) is 23.8 Å². The fraction of sp³-hybridized carbons (Fsp3) is 0.417. The van der Waals surface area contributed by atoms with Crippen molar-refractivity contribution >= 4 is 21.6 Å². The molecular weight excluding hydrogens is 266 g/mol. The standard InChI is InChI=1S/C12H19N3O3S/c1-3-14-12(16)8-9-15-19(17,18)11-7-5-4-6-10(11)13-2/h4-7,13,15H,3,8-9H2,1-2H3,(H,14,16). The SMILES string of the molecule is CCNC(=O)CCNS(=O)(=O)c1ccccc1NC. The molecule has 0 aliphatic heterocycles. The Hall–Kier alpha value is -1.60. The summed E-state index contributed by atoms with van der Waals surface area (Å²) >= 11 is 0. The van der Waals surface area contributed by atoms with Gasteiger partial charge in [-0.15, -0.1) is 0 Å². The van der Waals surface area contributed by atoms with Gasteiger partial charge in [-0.3, -0.25) is 4.79 Å². The van der Waals surface area contributed by atoms with E-state index in [0.717, 1.165) is 0 Å². The van der Waals surface area contributed by atoms with Crippen molar-refractivity contribution in [3.63, 3.8) is 0 Å². The molecule has 1 aromatic rings. The van der Waals surface area contributed by atoms with E-state index in [1.807, 2.05) is 6.92 Å². The number of amides is 1. The first-order valence-electron chi connectivity index (χ1n) is 6.04. The van der Waals surface area contributed by atoms with Crippen LogP contribution in [-0.2, 0) is 14.8 Å². The van der Waals surface area contributed by atoms with Crippen LogP contribution < -0.4 is 15.4 Å². The van der Waals surface area contributed by atoms with E-state index in [1.54, 1.807) is 25.2 Å². The largest absolute Gasteiger partial charge is 0.387 e. The lowest BCUT2D eigenvalue weighted by atomic mass is 10.3. The molecule has 0 saturated carbocycles. The topological polar surface area (TPSA) is 87.3 Å². The van der Waals surface area contributed by atoms with Gasteiger partial charge in [0.2, 0.25) is 15.9 Å². The molecule has 0 spiro atoms. The molecule has 1 rings (SSSR count). The van der Waals surface area contributed by atoms with Gasteiger partial charge in [0, 0.05) is 26.6 Å². The molecule has 106 valence electrons. The fourth-order valence-electron chi connectivity index (χ4n) is 1.57. The Morgan fingerprint density at radius 1 is 1.26 bits per heavy atom. The number of nitrogens with one attached hydrogen (secondary N) is 3. The maximum atomic E-state index is 12.1. The number of carbonyl (C=O) groups is 1. The molecule has 0 unspecified atom stereocenters. The summed E-state index contributed by atoms with van der Waals surface area (Å²) in [5.41, 5.74) is 0.521. The molecule has 0 radical (unpaired) electrons. The van der Waals surface area contributed by atoms with Gasteiger partial charge in [0.15, 0.2) is 0 Å². The van der Waals surface area contributed by atoms with Crippen molar-refractivity contribution in [2.45, 2.75) is 18.2 Å². The zero-order chi connectivity index (χ0) is 14.3. The van der Waals surface area contributed by atoms with E-state index >= 15 is 0 Å². The second-order valence-electron chi connectivity index (χ2n) is 3.85. The molecular formula is C12H19N3O3S. The van der Waals surface area contributed by atoms with Gasteiger partial charge in [0.25, 0.3) is 0 Å². The number of sulfonamides is 1. The third kappa shape index (κ3) is 4.53. The number of hydrogen-bond donors (Lipinski definition) is 3. The van der Waals surface area contributed by atoms with Gasteiger partial charge in [0.05, 0.1) is 5.69 Å². The van der Waals surface area contributed by atoms with Crippen LogP contribution in [0.4, 0.5) is 5.69 Å². The third-order valence-corrected chi connectivity index (χ3v) is 3.98. The van der Waals surface area contributed by atoms with E-state index in [4.69, 9.17) is 0 Å². The molecule has 6 nitrogen and oxygen atoms in total. The summed E-state index contributed by atoms with van der Waals surface area (Å²) in [6.45, 7) is 2.42. The quantitative estimate of drug-likeness (QED) is 0.682. The summed E-state index contributed by atoms with van der Waals surface area (Å²) in [5, 5.41) is 5.43. The maximum Gasteiger partial charge on any atom is 0.242 e. The van der Waals surface area contributed by atoms with E-state index in [0.29, 0.717) is 12.2 Å². The van der Waals surface area contributed by atoms with Crippen LogP contribution in [0, 0.1) is 0 Å². The number of carbonyl (C=O) groups excluding carboxylic acids is 1. The molecule has 0 heterocycles. The summed E-state index contributed by atoms with van der Waals surface area (Å²) in [7, 11) is -1.95. The Morgan fingerprint density at radius 2 is 1.95 bits per heavy atom. The second kappa shape index (κ2) is 7.10. The van der Waals surface area contributed by atoms with Gasteiger partial charge in [-0.05, 0) is 19.1 Å². The third-order valence-electron chi connectivity index (χ3n) is 2.46. The minimum atomic E-state index is -3.61. The number of rotatable bonds is 7. The highest BCUT2D eigenvalue weighted by Crippen LogP contribution is 2.19. The molecule has 1 amide bonds. The highest BCUT2D eigenvalue weighted by Gasteiger charge is 2.17. The van der Waals surface area contributed by atoms with E-state index in [9.17, 15) is 13.2 Å². The summed E-state index contributed by atoms with van der Waals surface area (Å²) < 4.78 is 26.5. The molecule has 7 heteroatoms. The van der Waals surface area contributed by atoms with Crippen molar-refractivity contribution in [3.8, 4) is 0 Å². The van der Waals surface area contributed by atoms with E-state index in [2.05, 4.69) is 15.4 Å². The highest BCUT2D eigenvalue weighted by atomic mass is 32.2. The molecule has 0 saturated heterocycles. The molecule has 0 atom stereocenters. The molecule has 1 aromatic carbocycles. The zero-order valence-electron chi connectivity index (χ0n) is 11.1. The highest BCUT2D eigenvalue weighted by molar-refractivity contribution is 7.89. The molecule has 3 N–H and O–H groups in total. The minimum Gasteiger partial charge on any atom is -0.387 e. The predicted octanol–water partition coefficient (Wildman–Crippen LogP) is 0.533. The summed E-state index contributed by atoms with van der Waals surface area (Å²) in [6, 6.07) is 6.59.